The first-order valence-electron chi connectivity index (χ1n) is 8.83. The van der Waals surface area contributed by atoms with Crippen LogP contribution in [-0.4, -0.2) is 26.8 Å². The van der Waals surface area contributed by atoms with Gasteiger partial charge in [0.2, 0.25) is 5.95 Å². The Morgan fingerprint density at radius 2 is 1.76 bits per heavy atom. The zero-order valence-electron chi connectivity index (χ0n) is 14.1. The van der Waals surface area contributed by atoms with E-state index in [2.05, 4.69) is 15.3 Å². The number of halogens is 3. The number of alkyl halides is 3. The minimum absolute atomic E-state index is 0.0134. The van der Waals surface area contributed by atoms with Crippen molar-refractivity contribution in [3.63, 3.8) is 0 Å². The Bertz CT molecular complexity index is 686. The highest BCUT2D eigenvalue weighted by molar-refractivity contribution is 5.23. The molecule has 0 saturated heterocycles. The van der Waals surface area contributed by atoms with E-state index in [0.717, 1.165) is 25.7 Å². The van der Waals surface area contributed by atoms with E-state index in [-0.39, 0.29) is 16.6 Å². The molecule has 0 radical (unpaired) electrons. The number of H-pyrrole nitrogens is 1. The molecule has 2 saturated carbocycles. The van der Waals surface area contributed by atoms with Crippen LogP contribution in [0.25, 0.3) is 0 Å². The molecule has 3 rings (SSSR count). The molecule has 1 unspecified atom stereocenters. The molecule has 0 aliphatic heterocycles. The summed E-state index contributed by atoms with van der Waals surface area (Å²) >= 11 is 0. The molecule has 140 valence electrons. The van der Waals surface area contributed by atoms with Crippen LogP contribution in [0.4, 0.5) is 19.1 Å². The third kappa shape index (κ3) is 4.07. The maximum Gasteiger partial charge on any atom is 0.409 e. The largest absolute Gasteiger partial charge is 0.409 e. The van der Waals surface area contributed by atoms with E-state index in [9.17, 15) is 22.8 Å². The van der Waals surface area contributed by atoms with Crippen LogP contribution in [0.1, 0.15) is 57.9 Å². The number of aromatic nitrogens is 3. The minimum Gasteiger partial charge on any atom is -0.353 e. The fraction of sp³-hybridized carbons (Fsp3) is 0.812. The molecule has 9 heteroatoms. The van der Waals surface area contributed by atoms with Crippen molar-refractivity contribution in [2.75, 3.05) is 5.32 Å². The summed E-state index contributed by atoms with van der Waals surface area (Å²) in [6, 6.07) is -2.11. The molecule has 2 fully saturated rings. The van der Waals surface area contributed by atoms with Crippen LogP contribution >= 0.6 is 0 Å². The lowest BCUT2D eigenvalue weighted by molar-refractivity contribution is -0.175. The van der Waals surface area contributed by atoms with E-state index in [4.69, 9.17) is 0 Å². The second-order valence-corrected chi connectivity index (χ2v) is 7.20. The SMILES string of the molecule is C[C@H](Nc1nc(=O)n(C(C2CC2)C(F)(F)F)c(=O)[nH]1)C1CCCCC1. The Morgan fingerprint density at radius 3 is 2.28 bits per heavy atom. The third-order valence-corrected chi connectivity index (χ3v) is 5.26. The van der Waals surface area contributed by atoms with Crippen molar-refractivity contribution in [3.8, 4) is 0 Å². The van der Waals surface area contributed by atoms with Crippen LogP contribution in [0.5, 0.6) is 0 Å². The highest BCUT2D eigenvalue weighted by Gasteiger charge is 2.51. The molecule has 2 aliphatic carbocycles. The van der Waals surface area contributed by atoms with Gasteiger partial charge < -0.3 is 5.32 Å². The summed E-state index contributed by atoms with van der Waals surface area (Å²) in [5.41, 5.74) is -2.22. The first-order valence-corrected chi connectivity index (χ1v) is 8.83. The number of rotatable bonds is 5. The maximum absolute atomic E-state index is 13.3. The molecule has 1 aromatic heterocycles. The highest BCUT2D eigenvalue weighted by atomic mass is 19.4. The van der Waals surface area contributed by atoms with Crippen molar-refractivity contribution < 1.29 is 13.2 Å². The molecular formula is C16H23F3N4O2. The van der Waals surface area contributed by atoms with Crippen molar-refractivity contribution >= 4 is 5.95 Å². The van der Waals surface area contributed by atoms with E-state index in [1.54, 1.807) is 0 Å². The summed E-state index contributed by atoms with van der Waals surface area (Å²) in [5, 5.41) is 2.98. The Balaban J connectivity index is 1.82. The van der Waals surface area contributed by atoms with Gasteiger partial charge in [-0.3, -0.25) is 4.98 Å². The number of nitrogens with zero attached hydrogens (tertiary/aromatic N) is 2. The van der Waals surface area contributed by atoms with Crippen molar-refractivity contribution in [2.24, 2.45) is 11.8 Å². The van der Waals surface area contributed by atoms with Gasteiger partial charge in [-0.1, -0.05) is 19.3 Å². The molecule has 6 nitrogen and oxygen atoms in total. The number of hydrogen-bond acceptors (Lipinski definition) is 4. The van der Waals surface area contributed by atoms with Gasteiger partial charge in [0.1, 0.15) is 6.04 Å². The molecule has 2 aliphatic rings. The second kappa shape index (κ2) is 6.84. The first kappa shape index (κ1) is 18.0. The second-order valence-electron chi connectivity index (χ2n) is 7.20. The number of aromatic amines is 1. The molecule has 0 spiro atoms. The van der Waals surface area contributed by atoms with Crippen molar-refractivity contribution in [3.05, 3.63) is 21.0 Å². The summed E-state index contributed by atoms with van der Waals surface area (Å²) in [5.74, 6) is -0.377. The van der Waals surface area contributed by atoms with Gasteiger partial charge in [-0.2, -0.15) is 18.2 Å². The van der Waals surface area contributed by atoms with E-state index >= 15 is 0 Å². The van der Waals surface area contributed by atoms with Crippen LogP contribution in [-0.2, 0) is 0 Å². The molecular weight excluding hydrogens is 337 g/mol. The molecule has 1 heterocycles. The molecule has 2 atom stereocenters. The van der Waals surface area contributed by atoms with Crippen molar-refractivity contribution in [1.82, 2.24) is 14.5 Å². The van der Waals surface area contributed by atoms with Gasteiger partial charge in [-0.05, 0) is 44.4 Å². The molecule has 2 N–H and O–H groups in total. The van der Waals surface area contributed by atoms with Crippen LogP contribution in [0.15, 0.2) is 9.59 Å². The topological polar surface area (TPSA) is 79.8 Å². The third-order valence-electron chi connectivity index (χ3n) is 5.26. The van der Waals surface area contributed by atoms with Gasteiger partial charge in [0, 0.05) is 6.04 Å². The van der Waals surface area contributed by atoms with Crippen LogP contribution in [0.2, 0.25) is 0 Å². The Labute approximate surface area is 142 Å². The Kier molecular flexibility index (Phi) is 4.92. The predicted molar refractivity (Wildman–Crippen MR) is 86.6 cm³/mol. The zero-order valence-corrected chi connectivity index (χ0v) is 14.1. The quantitative estimate of drug-likeness (QED) is 0.846. The van der Waals surface area contributed by atoms with E-state index in [0.29, 0.717) is 18.8 Å². The summed E-state index contributed by atoms with van der Waals surface area (Å²) < 4.78 is 40.0. The average Bonchev–Trinajstić information content (AvgIpc) is 3.35. The van der Waals surface area contributed by atoms with Crippen molar-refractivity contribution in [1.29, 1.82) is 0 Å². The molecule has 0 aromatic carbocycles. The van der Waals surface area contributed by atoms with Gasteiger partial charge in [-0.25, -0.2) is 14.2 Å². The summed E-state index contributed by atoms with van der Waals surface area (Å²) in [6.07, 6.45) is 1.64. The van der Waals surface area contributed by atoms with Gasteiger partial charge in [0.25, 0.3) is 0 Å². The van der Waals surface area contributed by atoms with E-state index in [1.165, 1.54) is 6.42 Å². The van der Waals surface area contributed by atoms with Crippen LogP contribution < -0.4 is 16.7 Å². The maximum atomic E-state index is 13.3. The summed E-state index contributed by atoms with van der Waals surface area (Å²) in [7, 11) is 0. The average molecular weight is 360 g/mol. The molecule has 25 heavy (non-hydrogen) atoms. The highest BCUT2D eigenvalue weighted by Crippen LogP contribution is 2.47. The minimum atomic E-state index is -4.65. The van der Waals surface area contributed by atoms with Gasteiger partial charge >= 0.3 is 17.6 Å². The van der Waals surface area contributed by atoms with Crippen LogP contribution in [0, 0.1) is 11.8 Å². The van der Waals surface area contributed by atoms with E-state index in [1.807, 2.05) is 6.92 Å². The lowest BCUT2D eigenvalue weighted by Gasteiger charge is -2.28. The molecule has 0 bridgehead atoms. The Hall–Kier alpha value is -1.80. The Morgan fingerprint density at radius 1 is 1.12 bits per heavy atom. The summed E-state index contributed by atoms with van der Waals surface area (Å²) in [4.78, 5) is 30.3. The first-order chi connectivity index (χ1) is 11.8. The number of hydrogen-bond donors (Lipinski definition) is 2. The number of anilines is 1. The lowest BCUT2D eigenvalue weighted by Crippen LogP contribution is -2.46. The lowest BCUT2D eigenvalue weighted by atomic mass is 9.85. The van der Waals surface area contributed by atoms with Crippen molar-refractivity contribution in [2.45, 2.75) is 70.1 Å². The normalized spacial score (nSPS) is 21.8. The predicted octanol–water partition coefficient (Wildman–Crippen LogP) is 2.83. The monoisotopic (exact) mass is 360 g/mol. The van der Waals surface area contributed by atoms with Gasteiger partial charge in [0.05, 0.1) is 0 Å². The fourth-order valence-corrected chi connectivity index (χ4v) is 3.74. The standard InChI is InChI=1S/C16H23F3N4O2/c1-9(10-5-3-2-4-6-10)20-13-21-14(24)23(15(25)22-13)12(11-7-8-11)16(17,18)19/h9-12H,2-8H2,1H3,(H2,20,21,22,24,25)/t9-,12?/m0/s1. The molecule has 0 amide bonds. The van der Waals surface area contributed by atoms with Gasteiger partial charge in [0.15, 0.2) is 0 Å². The van der Waals surface area contributed by atoms with Gasteiger partial charge in [-0.15, -0.1) is 0 Å². The van der Waals surface area contributed by atoms with Crippen LogP contribution in [0.3, 0.4) is 0 Å². The summed E-state index contributed by atoms with van der Waals surface area (Å²) in [6.45, 7) is 1.93. The smallest absolute Gasteiger partial charge is 0.353 e. The zero-order chi connectivity index (χ0) is 18.2. The molecule has 1 aromatic rings. The van der Waals surface area contributed by atoms with E-state index < -0.39 is 29.5 Å². The fourth-order valence-electron chi connectivity index (χ4n) is 3.74. The number of nitrogens with one attached hydrogen (secondary N) is 2.